The number of anilines is 1. The molecule has 0 aliphatic heterocycles. The Morgan fingerprint density at radius 3 is 2.20 bits per heavy atom. The molecule has 3 nitrogen and oxygen atoms in total. The lowest BCUT2D eigenvalue weighted by molar-refractivity contribution is 0.281. The van der Waals surface area contributed by atoms with Crippen LogP contribution in [0.5, 0.6) is 5.75 Å². The summed E-state index contributed by atoms with van der Waals surface area (Å²) in [5, 5.41) is 19.8. The van der Waals surface area contributed by atoms with Crippen molar-refractivity contribution in [2.45, 2.75) is 65.6 Å². The first-order valence-electron chi connectivity index (χ1n) is 9.19. The normalized spacial score (nSPS) is 12.6. The highest BCUT2D eigenvalue weighted by atomic mass is 16.3. The zero-order chi connectivity index (χ0) is 18.6. The van der Waals surface area contributed by atoms with Crippen LogP contribution in [0.1, 0.15) is 63.6 Å². The van der Waals surface area contributed by atoms with Gasteiger partial charge in [0.15, 0.2) is 0 Å². The Kier molecular flexibility index (Phi) is 6.49. The molecule has 2 aromatic carbocycles. The number of rotatable bonds is 7. The standard InChI is InChI=1S/C22H31NO2/c1-6-20(21-12-17(14-24)10-11-22(21)25)18-8-7-9-19(13-18)23(15(2)3)16(4)5/h7-13,15-16,20,24-25H,6,14H2,1-5H3/t20-/m1/s1. The van der Waals surface area contributed by atoms with Gasteiger partial charge in [0.05, 0.1) is 6.61 Å². The number of nitrogens with zero attached hydrogens (tertiary/aromatic N) is 1. The van der Waals surface area contributed by atoms with Crippen LogP contribution < -0.4 is 4.90 Å². The number of phenolic OH excluding ortho intramolecular Hbond substituents is 1. The van der Waals surface area contributed by atoms with E-state index >= 15 is 0 Å². The van der Waals surface area contributed by atoms with Gasteiger partial charge >= 0.3 is 0 Å². The van der Waals surface area contributed by atoms with Crippen molar-refractivity contribution in [1.29, 1.82) is 0 Å². The smallest absolute Gasteiger partial charge is 0.119 e. The topological polar surface area (TPSA) is 43.7 Å². The maximum atomic E-state index is 10.4. The van der Waals surface area contributed by atoms with Crippen molar-refractivity contribution in [3.63, 3.8) is 0 Å². The first-order valence-corrected chi connectivity index (χ1v) is 9.19. The van der Waals surface area contributed by atoms with Crippen molar-refractivity contribution in [3.8, 4) is 5.75 Å². The minimum atomic E-state index is -0.0156. The summed E-state index contributed by atoms with van der Waals surface area (Å²) in [7, 11) is 0. The minimum absolute atomic E-state index is 0.0156. The average Bonchev–Trinajstić information content (AvgIpc) is 2.57. The first-order chi connectivity index (χ1) is 11.9. The largest absolute Gasteiger partial charge is 0.508 e. The van der Waals surface area contributed by atoms with Gasteiger partial charge < -0.3 is 15.1 Å². The van der Waals surface area contributed by atoms with Crippen molar-refractivity contribution in [2.24, 2.45) is 0 Å². The molecular formula is C22H31NO2. The second kappa shape index (κ2) is 8.39. The van der Waals surface area contributed by atoms with Gasteiger partial charge in [0.2, 0.25) is 0 Å². The Bertz CT molecular complexity index is 686. The van der Waals surface area contributed by atoms with E-state index in [0.29, 0.717) is 17.8 Å². The van der Waals surface area contributed by atoms with E-state index in [1.807, 2.05) is 6.07 Å². The minimum Gasteiger partial charge on any atom is -0.508 e. The lowest BCUT2D eigenvalue weighted by Crippen LogP contribution is -2.37. The molecule has 2 aromatic rings. The predicted octanol–water partition coefficient (Wildman–Crippen LogP) is 5.05. The van der Waals surface area contributed by atoms with Crippen LogP contribution in [0, 0.1) is 0 Å². The van der Waals surface area contributed by atoms with E-state index in [4.69, 9.17) is 0 Å². The molecule has 0 aromatic heterocycles. The fraction of sp³-hybridized carbons (Fsp3) is 0.455. The van der Waals surface area contributed by atoms with Crippen molar-refractivity contribution >= 4 is 5.69 Å². The molecule has 25 heavy (non-hydrogen) atoms. The zero-order valence-corrected chi connectivity index (χ0v) is 16.0. The Balaban J connectivity index is 2.47. The Labute approximate surface area is 151 Å². The molecule has 0 amide bonds. The first kappa shape index (κ1) is 19.3. The summed E-state index contributed by atoms with van der Waals surface area (Å²) >= 11 is 0. The van der Waals surface area contributed by atoms with Gasteiger partial charge in [-0.1, -0.05) is 25.1 Å². The zero-order valence-electron chi connectivity index (χ0n) is 16.0. The summed E-state index contributed by atoms with van der Waals surface area (Å²) in [6.07, 6.45) is 0.884. The van der Waals surface area contributed by atoms with E-state index < -0.39 is 0 Å². The van der Waals surface area contributed by atoms with E-state index in [1.165, 1.54) is 11.3 Å². The molecule has 2 rings (SSSR count). The van der Waals surface area contributed by atoms with Crippen molar-refractivity contribution in [3.05, 3.63) is 59.2 Å². The molecule has 0 saturated heterocycles. The fourth-order valence-corrected chi connectivity index (χ4v) is 3.71. The molecule has 0 aliphatic carbocycles. The van der Waals surface area contributed by atoms with Gasteiger partial charge in [0.25, 0.3) is 0 Å². The maximum absolute atomic E-state index is 10.4. The number of aliphatic hydroxyl groups excluding tert-OH is 1. The third-order valence-corrected chi connectivity index (χ3v) is 4.74. The van der Waals surface area contributed by atoms with Gasteiger partial charge in [-0.3, -0.25) is 0 Å². The summed E-state index contributed by atoms with van der Waals surface area (Å²) in [4.78, 5) is 2.40. The summed E-state index contributed by atoms with van der Waals surface area (Å²) in [5.74, 6) is 0.395. The fourth-order valence-electron chi connectivity index (χ4n) is 3.71. The Hall–Kier alpha value is -2.00. The monoisotopic (exact) mass is 341 g/mol. The van der Waals surface area contributed by atoms with Gasteiger partial charge in [-0.05, 0) is 69.5 Å². The van der Waals surface area contributed by atoms with Crippen molar-refractivity contribution in [1.82, 2.24) is 0 Å². The molecule has 0 radical (unpaired) electrons. The van der Waals surface area contributed by atoms with Crippen LogP contribution in [0.25, 0.3) is 0 Å². The molecular weight excluding hydrogens is 310 g/mol. The van der Waals surface area contributed by atoms with Crippen molar-refractivity contribution in [2.75, 3.05) is 4.90 Å². The van der Waals surface area contributed by atoms with E-state index in [-0.39, 0.29) is 12.5 Å². The van der Waals surface area contributed by atoms with E-state index in [9.17, 15) is 10.2 Å². The SMILES string of the molecule is CC[C@H](c1cccc(N(C(C)C)C(C)C)c1)c1cc(CO)ccc1O. The number of benzene rings is 2. The lowest BCUT2D eigenvalue weighted by atomic mass is 9.87. The van der Waals surface area contributed by atoms with Gasteiger partial charge in [0, 0.05) is 29.3 Å². The summed E-state index contributed by atoms with van der Waals surface area (Å²) in [6.45, 7) is 10.9. The van der Waals surface area contributed by atoms with Crippen LogP contribution in [0.2, 0.25) is 0 Å². The van der Waals surface area contributed by atoms with Gasteiger partial charge in [-0.15, -0.1) is 0 Å². The number of aliphatic hydroxyl groups is 1. The van der Waals surface area contributed by atoms with Crippen LogP contribution >= 0.6 is 0 Å². The van der Waals surface area contributed by atoms with Crippen LogP contribution in [0.3, 0.4) is 0 Å². The second-order valence-electron chi connectivity index (χ2n) is 7.20. The van der Waals surface area contributed by atoms with Crippen LogP contribution in [0.15, 0.2) is 42.5 Å². The third-order valence-electron chi connectivity index (χ3n) is 4.74. The van der Waals surface area contributed by atoms with Crippen LogP contribution in [-0.2, 0) is 6.61 Å². The highest BCUT2D eigenvalue weighted by Crippen LogP contribution is 2.36. The molecule has 0 spiro atoms. The molecule has 0 bridgehead atoms. The number of phenols is 1. The summed E-state index contributed by atoms with van der Waals surface area (Å²) in [6, 6.07) is 14.8. The van der Waals surface area contributed by atoms with Crippen molar-refractivity contribution < 1.29 is 10.2 Å². The van der Waals surface area contributed by atoms with Crippen LogP contribution in [-0.4, -0.2) is 22.3 Å². The molecule has 0 fully saturated rings. The van der Waals surface area contributed by atoms with Gasteiger partial charge in [-0.25, -0.2) is 0 Å². The molecule has 0 unspecified atom stereocenters. The van der Waals surface area contributed by atoms with E-state index in [1.54, 1.807) is 12.1 Å². The third kappa shape index (κ3) is 4.35. The Morgan fingerprint density at radius 2 is 1.64 bits per heavy atom. The van der Waals surface area contributed by atoms with Gasteiger partial charge in [0.1, 0.15) is 5.75 Å². The highest BCUT2D eigenvalue weighted by Gasteiger charge is 2.19. The lowest BCUT2D eigenvalue weighted by Gasteiger charge is -2.34. The number of hydrogen-bond donors (Lipinski definition) is 2. The Morgan fingerprint density at radius 1 is 0.960 bits per heavy atom. The van der Waals surface area contributed by atoms with E-state index in [2.05, 4.69) is 63.8 Å². The molecule has 0 saturated carbocycles. The summed E-state index contributed by atoms with van der Waals surface area (Å²) in [5.41, 5.74) is 4.11. The second-order valence-corrected chi connectivity index (χ2v) is 7.20. The molecule has 1 atom stereocenters. The molecule has 0 heterocycles. The molecule has 0 aliphatic rings. The van der Waals surface area contributed by atoms with Crippen LogP contribution in [0.4, 0.5) is 5.69 Å². The molecule has 2 N–H and O–H groups in total. The predicted molar refractivity (Wildman–Crippen MR) is 105 cm³/mol. The number of aromatic hydroxyl groups is 1. The number of hydrogen-bond acceptors (Lipinski definition) is 3. The molecule has 3 heteroatoms. The average molecular weight is 341 g/mol. The van der Waals surface area contributed by atoms with Gasteiger partial charge in [-0.2, -0.15) is 0 Å². The maximum Gasteiger partial charge on any atom is 0.119 e. The summed E-state index contributed by atoms with van der Waals surface area (Å²) < 4.78 is 0. The quantitative estimate of drug-likeness (QED) is 0.740. The van der Waals surface area contributed by atoms with E-state index in [0.717, 1.165) is 17.5 Å². The molecule has 136 valence electrons. The highest BCUT2D eigenvalue weighted by molar-refractivity contribution is 5.53.